The van der Waals surface area contributed by atoms with Gasteiger partial charge in [-0.2, -0.15) is 0 Å². The van der Waals surface area contributed by atoms with Crippen molar-refractivity contribution in [3.05, 3.63) is 29.8 Å². The van der Waals surface area contributed by atoms with Crippen molar-refractivity contribution in [2.75, 3.05) is 40.0 Å². The van der Waals surface area contributed by atoms with Crippen molar-refractivity contribution in [1.29, 1.82) is 0 Å². The van der Waals surface area contributed by atoms with E-state index in [0.29, 0.717) is 10.9 Å². The Morgan fingerprint density at radius 3 is 2.20 bits per heavy atom. The van der Waals surface area contributed by atoms with Crippen LogP contribution in [-0.2, 0) is 16.3 Å². The normalized spacial score (nSPS) is 12.2. The fraction of sp³-hybridized carbons (Fsp3) is 0.588. The first-order chi connectivity index (χ1) is 11.2. The van der Waals surface area contributed by atoms with Crippen molar-refractivity contribution in [2.24, 2.45) is 4.99 Å². The lowest BCUT2D eigenvalue weighted by Gasteiger charge is -2.21. The second-order valence-corrected chi connectivity index (χ2v) is 8.18. The van der Waals surface area contributed by atoms with Gasteiger partial charge in [0.2, 0.25) is 0 Å². The van der Waals surface area contributed by atoms with E-state index in [0.717, 1.165) is 37.6 Å². The van der Waals surface area contributed by atoms with E-state index >= 15 is 0 Å². The maximum absolute atomic E-state index is 11.4. The van der Waals surface area contributed by atoms with Crippen LogP contribution >= 0.6 is 24.0 Å². The molecule has 0 radical (unpaired) electrons. The van der Waals surface area contributed by atoms with E-state index in [1.165, 1.54) is 6.26 Å². The Balaban J connectivity index is 0.00000576. The van der Waals surface area contributed by atoms with Gasteiger partial charge in [-0.05, 0) is 45.0 Å². The first-order valence-electron chi connectivity index (χ1n) is 8.17. The van der Waals surface area contributed by atoms with Gasteiger partial charge in [0.25, 0.3) is 0 Å². The van der Waals surface area contributed by atoms with Crippen LogP contribution in [0.25, 0.3) is 0 Å². The van der Waals surface area contributed by atoms with Crippen molar-refractivity contribution in [1.82, 2.24) is 15.5 Å². The van der Waals surface area contributed by atoms with Crippen LogP contribution < -0.4 is 10.6 Å². The molecule has 0 aliphatic heterocycles. The molecule has 6 nitrogen and oxygen atoms in total. The highest BCUT2D eigenvalue weighted by molar-refractivity contribution is 14.0. The molecule has 25 heavy (non-hydrogen) atoms. The number of rotatable bonds is 8. The van der Waals surface area contributed by atoms with Crippen LogP contribution in [-0.4, -0.2) is 65.3 Å². The van der Waals surface area contributed by atoms with Crippen LogP contribution in [0.3, 0.4) is 0 Å². The van der Waals surface area contributed by atoms with Crippen LogP contribution in [0.4, 0.5) is 0 Å². The number of benzene rings is 1. The van der Waals surface area contributed by atoms with E-state index in [1.807, 2.05) is 12.1 Å². The third-order valence-corrected chi connectivity index (χ3v) is 5.05. The molecule has 0 bridgehead atoms. The van der Waals surface area contributed by atoms with Gasteiger partial charge in [-0.3, -0.25) is 4.99 Å². The number of guanidine groups is 1. The number of hydrogen-bond donors (Lipinski definition) is 2. The van der Waals surface area contributed by atoms with Gasteiger partial charge < -0.3 is 15.5 Å². The Bertz CT molecular complexity index is 631. The van der Waals surface area contributed by atoms with E-state index in [9.17, 15) is 8.42 Å². The smallest absolute Gasteiger partial charge is 0.191 e. The number of nitrogens with zero attached hydrogens (tertiary/aromatic N) is 2. The van der Waals surface area contributed by atoms with E-state index < -0.39 is 9.84 Å². The van der Waals surface area contributed by atoms with Gasteiger partial charge in [0, 0.05) is 39.0 Å². The van der Waals surface area contributed by atoms with Crippen molar-refractivity contribution in [2.45, 2.75) is 31.2 Å². The summed E-state index contributed by atoms with van der Waals surface area (Å²) >= 11 is 0. The molecular formula is C17H31IN4O2S. The van der Waals surface area contributed by atoms with Crippen LogP contribution in [0.2, 0.25) is 0 Å². The summed E-state index contributed by atoms with van der Waals surface area (Å²) in [5.41, 5.74) is 1.09. The largest absolute Gasteiger partial charge is 0.356 e. The van der Waals surface area contributed by atoms with Gasteiger partial charge in [0.15, 0.2) is 15.8 Å². The van der Waals surface area contributed by atoms with Crippen molar-refractivity contribution >= 4 is 39.8 Å². The Hall–Kier alpha value is -0.870. The Kier molecular flexibility index (Phi) is 11.3. The standard InChI is InChI=1S/C17H30N4O2S.HI/c1-14(2)21(4)13-12-20-17(18-3)19-11-10-15-6-8-16(9-7-15)24(5,22)23;/h6-9,14H,10-13H2,1-5H3,(H2,18,19,20);1H. The Morgan fingerprint density at radius 2 is 1.72 bits per heavy atom. The summed E-state index contributed by atoms with van der Waals surface area (Å²) < 4.78 is 22.9. The highest BCUT2D eigenvalue weighted by atomic mass is 127. The first-order valence-corrected chi connectivity index (χ1v) is 10.1. The van der Waals surface area contributed by atoms with Crippen LogP contribution in [0, 0.1) is 0 Å². The number of likely N-dealkylation sites (N-methyl/N-ethyl adjacent to an activating group) is 1. The molecule has 0 atom stereocenters. The molecule has 8 heteroatoms. The third kappa shape index (κ3) is 9.41. The summed E-state index contributed by atoms with van der Waals surface area (Å²) in [6.45, 7) is 6.85. The minimum atomic E-state index is -3.13. The summed E-state index contributed by atoms with van der Waals surface area (Å²) in [6, 6.07) is 7.54. The average Bonchev–Trinajstić information content (AvgIpc) is 2.52. The number of hydrogen-bond acceptors (Lipinski definition) is 4. The van der Waals surface area contributed by atoms with E-state index in [-0.39, 0.29) is 24.0 Å². The predicted molar refractivity (Wildman–Crippen MR) is 116 cm³/mol. The van der Waals surface area contributed by atoms with Gasteiger partial charge in [-0.15, -0.1) is 24.0 Å². The Labute approximate surface area is 169 Å². The molecule has 0 spiro atoms. The summed E-state index contributed by atoms with van der Waals surface area (Å²) in [4.78, 5) is 6.82. The minimum absolute atomic E-state index is 0. The maximum Gasteiger partial charge on any atom is 0.191 e. The zero-order chi connectivity index (χ0) is 18.2. The fourth-order valence-corrected chi connectivity index (χ4v) is 2.69. The summed E-state index contributed by atoms with van der Waals surface area (Å²) in [5.74, 6) is 0.778. The number of nitrogens with one attached hydrogen (secondary N) is 2. The monoisotopic (exact) mass is 482 g/mol. The molecule has 2 N–H and O–H groups in total. The predicted octanol–water partition coefficient (Wildman–Crippen LogP) is 1.76. The van der Waals surface area contributed by atoms with E-state index in [2.05, 4.69) is 41.4 Å². The fourth-order valence-electron chi connectivity index (χ4n) is 2.06. The van der Waals surface area contributed by atoms with Gasteiger partial charge in [0.05, 0.1) is 4.90 Å². The number of sulfone groups is 1. The average molecular weight is 482 g/mol. The molecular weight excluding hydrogens is 451 g/mol. The first kappa shape index (κ1) is 24.1. The van der Waals surface area contributed by atoms with Crippen LogP contribution in [0.15, 0.2) is 34.2 Å². The zero-order valence-electron chi connectivity index (χ0n) is 15.7. The third-order valence-electron chi connectivity index (χ3n) is 3.92. The molecule has 144 valence electrons. The number of halogens is 1. The molecule has 0 heterocycles. The quantitative estimate of drug-likeness (QED) is 0.336. The summed E-state index contributed by atoms with van der Waals surface area (Å²) in [7, 11) is 0.722. The Morgan fingerprint density at radius 1 is 1.16 bits per heavy atom. The molecule has 1 aromatic carbocycles. The molecule has 0 saturated carbocycles. The van der Waals surface area contributed by atoms with Gasteiger partial charge in [0.1, 0.15) is 0 Å². The minimum Gasteiger partial charge on any atom is -0.356 e. The van der Waals surface area contributed by atoms with E-state index in [1.54, 1.807) is 19.2 Å². The molecule has 0 amide bonds. The molecule has 0 unspecified atom stereocenters. The number of aliphatic imine (C=N–C) groups is 1. The molecule has 0 fully saturated rings. The molecule has 0 aliphatic rings. The lowest BCUT2D eigenvalue weighted by atomic mass is 10.1. The van der Waals surface area contributed by atoms with Crippen LogP contribution in [0.1, 0.15) is 19.4 Å². The maximum atomic E-state index is 11.4. The molecule has 0 saturated heterocycles. The molecule has 0 aliphatic carbocycles. The van der Waals surface area contributed by atoms with Gasteiger partial charge in [-0.1, -0.05) is 12.1 Å². The highest BCUT2D eigenvalue weighted by Crippen LogP contribution is 2.10. The SMILES string of the molecule is CN=C(NCCc1ccc(S(C)(=O)=O)cc1)NCCN(C)C(C)C.I. The van der Waals surface area contributed by atoms with Crippen molar-refractivity contribution in [3.8, 4) is 0 Å². The second kappa shape index (κ2) is 11.7. The summed E-state index contributed by atoms with van der Waals surface area (Å²) in [5, 5.41) is 6.56. The second-order valence-electron chi connectivity index (χ2n) is 6.17. The molecule has 1 rings (SSSR count). The van der Waals surface area contributed by atoms with Crippen molar-refractivity contribution in [3.63, 3.8) is 0 Å². The molecule has 0 aromatic heterocycles. The van der Waals surface area contributed by atoms with Crippen LogP contribution in [0.5, 0.6) is 0 Å². The topological polar surface area (TPSA) is 73.8 Å². The lowest BCUT2D eigenvalue weighted by Crippen LogP contribution is -2.42. The van der Waals surface area contributed by atoms with E-state index in [4.69, 9.17) is 0 Å². The van der Waals surface area contributed by atoms with Crippen molar-refractivity contribution < 1.29 is 8.42 Å². The lowest BCUT2D eigenvalue weighted by molar-refractivity contribution is 0.278. The van der Waals surface area contributed by atoms with Gasteiger partial charge >= 0.3 is 0 Å². The highest BCUT2D eigenvalue weighted by Gasteiger charge is 2.06. The zero-order valence-corrected chi connectivity index (χ0v) is 18.9. The summed E-state index contributed by atoms with van der Waals surface area (Å²) in [6.07, 6.45) is 2.02. The van der Waals surface area contributed by atoms with Gasteiger partial charge in [-0.25, -0.2) is 8.42 Å². The molecule has 1 aromatic rings.